The molecule has 2 aromatic heterocycles. The molecule has 1 amide bonds. The minimum atomic E-state index is -4.77. The van der Waals surface area contributed by atoms with Gasteiger partial charge in [-0.05, 0) is 24.9 Å². The quantitative estimate of drug-likeness (QED) is 0.462. The normalized spacial score (nSPS) is 18.6. The maximum Gasteiger partial charge on any atom is 0.417 e. The molecule has 3 rings (SSSR count). The number of carbonyl (C=O) groups excluding carboxylic acids is 1. The fourth-order valence-corrected chi connectivity index (χ4v) is 3.40. The van der Waals surface area contributed by atoms with Crippen molar-refractivity contribution in [2.24, 2.45) is 12.2 Å². The number of amides is 1. The van der Waals surface area contributed by atoms with Crippen LogP contribution in [0, 0.1) is 18.3 Å². The van der Waals surface area contributed by atoms with E-state index in [0.717, 1.165) is 6.07 Å². The Kier molecular flexibility index (Phi) is 5.53. The fraction of sp³-hybridized carbons (Fsp3) is 0.412. The molecule has 30 heavy (non-hydrogen) atoms. The Bertz CT molecular complexity index is 1070. The molecule has 0 bridgehead atoms. The van der Waals surface area contributed by atoms with E-state index in [1.165, 1.54) is 22.6 Å². The van der Waals surface area contributed by atoms with Crippen LogP contribution < -0.4 is 10.2 Å². The van der Waals surface area contributed by atoms with Gasteiger partial charge in [0.25, 0.3) is 0 Å². The summed E-state index contributed by atoms with van der Waals surface area (Å²) in [5, 5.41) is 19.6. The van der Waals surface area contributed by atoms with Gasteiger partial charge in [-0.15, -0.1) is 0 Å². The van der Waals surface area contributed by atoms with E-state index in [9.17, 15) is 23.2 Å². The van der Waals surface area contributed by atoms with Crippen LogP contribution in [0.3, 0.4) is 0 Å². The van der Waals surface area contributed by atoms with E-state index in [2.05, 4.69) is 25.4 Å². The number of nitrogens with zero attached hydrogens (tertiary/aromatic N) is 8. The molecule has 0 spiro atoms. The lowest BCUT2D eigenvalue weighted by Crippen LogP contribution is -2.45. The molecular weight excluding hydrogens is 403 g/mol. The zero-order chi connectivity index (χ0) is 22.1. The average molecular weight is 419 g/mol. The topological polar surface area (TPSA) is 136 Å². The molecule has 10 nitrogen and oxygen atoms in total. The Morgan fingerprint density at radius 3 is 2.80 bits per heavy atom. The minimum absolute atomic E-state index is 0.0347. The van der Waals surface area contributed by atoms with Crippen LogP contribution in [0.15, 0.2) is 23.4 Å². The van der Waals surface area contributed by atoms with E-state index in [1.54, 1.807) is 19.3 Å². The predicted molar refractivity (Wildman–Crippen MR) is 99.2 cm³/mol. The Labute approximate surface area is 168 Å². The number of rotatable bonds is 4. The number of carbonyl (C=O) groups is 1. The highest BCUT2D eigenvalue weighted by atomic mass is 19.4. The number of aromatic nitrogens is 3. The number of anilines is 2. The molecular formula is C17H16F3N9O. The highest BCUT2D eigenvalue weighted by Gasteiger charge is 2.43. The molecule has 1 fully saturated rings. The van der Waals surface area contributed by atoms with Gasteiger partial charge in [0.15, 0.2) is 5.82 Å². The van der Waals surface area contributed by atoms with E-state index >= 15 is 0 Å². The highest BCUT2D eigenvalue weighted by molar-refractivity contribution is 5.97. The monoisotopic (exact) mass is 419 g/mol. The summed E-state index contributed by atoms with van der Waals surface area (Å²) >= 11 is 0. The second kappa shape index (κ2) is 7.92. The lowest BCUT2D eigenvalue weighted by atomic mass is 10.1. The Morgan fingerprint density at radius 2 is 2.23 bits per heavy atom. The zero-order valence-electron chi connectivity index (χ0n) is 15.9. The van der Waals surface area contributed by atoms with E-state index in [1.807, 2.05) is 0 Å². The molecule has 0 unspecified atom stereocenters. The number of aryl methyl sites for hydroxylation is 2. The lowest BCUT2D eigenvalue weighted by molar-refractivity contribution is -0.137. The van der Waals surface area contributed by atoms with Crippen LogP contribution in [0.25, 0.3) is 10.4 Å². The first-order valence-corrected chi connectivity index (χ1v) is 8.76. The number of nitrogens with one attached hydrogen (secondary N) is 1. The second-order valence-electron chi connectivity index (χ2n) is 6.68. The first-order chi connectivity index (χ1) is 14.2. The lowest BCUT2D eigenvalue weighted by Gasteiger charge is -2.28. The molecule has 2 atom stereocenters. The van der Waals surface area contributed by atoms with Gasteiger partial charge in [-0.25, -0.2) is 4.98 Å². The van der Waals surface area contributed by atoms with Crippen LogP contribution in [0.2, 0.25) is 0 Å². The largest absolute Gasteiger partial charge is 0.417 e. The molecule has 0 radical (unpaired) electrons. The smallest absolute Gasteiger partial charge is 0.343 e. The van der Waals surface area contributed by atoms with Gasteiger partial charge in [0.1, 0.15) is 23.5 Å². The van der Waals surface area contributed by atoms with Gasteiger partial charge < -0.3 is 10.2 Å². The number of hydrogen-bond acceptors (Lipinski definition) is 6. The van der Waals surface area contributed by atoms with Gasteiger partial charge in [0, 0.05) is 36.5 Å². The first kappa shape index (κ1) is 20.9. The number of alkyl halides is 3. The van der Waals surface area contributed by atoms with Crippen LogP contribution in [-0.2, 0) is 18.0 Å². The summed E-state index contributed by atoms with van der Waals surface area (Å²) in [7, 11) is 1.65. The van der Waals surface area contributed by atoms with Gasteiger partial charge >= 0.3 is 6.18 Å². The van der Waals surface area contributed by atoms with Crippen molar-refractivity contribution in [2.45, 2.75) is 31.6 Å². The maximum absolute atomic E-state index is 13.5. The van der Waals surface area contributed by atoms with Crippen molar-refractivity contribution in [1.82, 2.24) is 14.8 Å². The fourth-order valence-electron chi connectivity index (χ4n) is 3.40. The number of pyridine rings is 1. The molecule has 3 heterocycles. The predicted octanol–water partition coefficient (Wildman–Crippen LogP) is 2.91. The summed E-state index contributed by atoms with van der Waals surface area (Å²) in [5.41, 5.74) is 7.06. The van der Waals surface area contributed by atoms with Crippen LogP contribution in [0.4, 0.5) is 24.8 Å². The van der Waals surface area contributed by atoms with Crippen molar-refractivity contribution in [3.05, 3.63) is 45.6 Å². The summed E-state index contributed by atoms with van der Waals surface area (Å²) in [6.07, 6.45) is -2.98. The first-order valence-electron chi connectivity index (χ1n) is 8.76. The van der Waals surface area contributed by atoms with Crippen molar-refractivity contribution in [2.75, 3.05) is 16.8 Å². The van der Waals surface area contributed by atoms with E-state index in [0.29, 0.717) is 0 Å². The number of nitriles is 1. The summed E-state index contributed by atoms with van der Waals surface area (Å²) in [6.45, 7) is 1.44. The summed E-state index contributed by atoms with van der Waals surface area (Å²) in [5.74, 6) is -0.686. The van der Waals surface area contributed by atoms with Crippen molar-refractivity contribution in [3.63, 3.8) is 0 Å². The van der Waals surface area contributed by atoms with Gasteiger partial charge in [-0.1, -0.05) is 5.11 Å². The van der Waals surface area contributed by atoms with Gasteiger partial charge in [0.05, 0.1) is 11.6 Å². The maximum atomic E-state index is 13.5. The van der Waals surface area contributed by atoms with Gasteiger partial charge in [-0.3, -0.25) is 9.48 Å². The Hall–Kier alpha value is -3.78. The minimum Gasteiger partial charge on any atom is -0.343 e. The van der Waals surface area contributed by atoms with Crippen LogP contribution >= 0.6 is 0 Å². The van der Waals surface area contributed by atoms with Crippen molar-refractivity contribution in [3.8, 4) is 6.07 Å². The highest BCUT2D eigenvalue weighted by Crippen LogP contribution is 2.38. The second-order valence-corrected chi connectivity index (χ2v) is 6.68. The SMILES string of the molecule is Cc1cc(C(F)(F)F)c(C#N)c(N2CC[C@@H](N=[N+]=[N-])[C@H]2C(=O)Nc2ccn(C)n2)n1. The Morgan fingerprint density at radius 1 is 1.50 bits per heavy atom. The third kappa shape index (κ3) is 3.99. The van der Waals surface area contributed by atoms with Crippen molar-refractivity contribution < 1.29 is 18.0 Å². The van der Waals surface area contributed by atoms with E-state index < -0.39 is 35.3 Å². The number of azide groups is 1. The van der Waals surface area contributed by atoms with Gasteiger partial charge in [0.2, 0.25) is 5.91 Å². The Balaban J connectivity index is 2.07. The molecule has 0 saturated carbocycles. The third-order valence-electron chi connectivity index (χ3n) is 4.62. The summed E-state index contributed by atoms with van der Waals surface area (Å²) in [6, 6.07) is 1.86. The van der Waals surface area contributed by atoms with Crippen LogP contribution in [0.1, 0.15) is 23.2 Å². The average Bonchev–Trinajstić information content (AvgIpc) is 3.26. The molecule has 2 aromatic rings. The zero-order valence-corrected chi connectivity index (χ0v) is 15.9. The molecule has 0 aliphatic carbocycles. The van der Waals surface area contributed by atoms with E-state index in [4.69, 9.17) is 5.53 Å². The van der Waals surface area contributed by atoms with Crippen LogP contribution in [-0.4, -0.2) is 39.3 Å². The van der Waals surface area contributed by atoms with Crippen LogP contribution in [0.5, 0.6) is 0 Å². The van der Waals surface area contributed by atoms with Crippen molar-refractivity contribution >= 4 is 17.5 Å². The number of halogens is 3. The molecule has 0 aromatic carbocycles. The van der Waals surface area contributed by atoms with Crippen molar-refractivity contribution in [1.29, 1.82) is 5.26 Å². The molecule has 1 aliphatic heterocycles. The van der Waals surface area contributed by atoms with E-state index in [-0.39, 0.29) is 30.3 Å². The molecule has 1 aliphatic rings. The third-order valence-corrected chi connectivity index (χ3v) is 4.62. The molecule has 1 saturated heterocycles. The van der Waals surface area contributed by atoms with Gasteiger partial charge in [-0.2, -0.15) is 23.5 Å². The summed E-state index contributed by atoms with van der Waals surface area (Å²) in [4.78, 5) is 21.1. The molecule has 156 valence electrons. The molecule has 1 N–H and O–H groups in total. The summed E-state index contributed by atoms with van der Waals surface area (Å²) < 4.78 is 41.9. The standard InChI is InChI=1S/C17H16F3N9O/c1-9-7-11(17(18,19)20)10(8-21)15(23-9)29-6-3-12(25-27-22)14(29)16(30)24-13-4-5-28(2)26-13/h4-5,7,12,14H,3,6H2,1-2H3,(H,24,26,30)/t12-,14+/m1/s1. The molecule has 13 heteroatoms. The number of hydrogen-bond donors (Lipinski definition) is 1.